The van der Waals surface area contributed by atoms with Crippen LogP contribution in [0.5, 0.6) is 0 Å². The van der Waals surface area contributed by atoms with Gasteiger partial charge in [0.2, 0.25) is 0 Å². The number of fused-ring (bicyclic) bond motifs is 1. The summed E-state index contributed by atoms with van der Waals surface area (Å²) in [6, 6.07) is 4.64. The predicted octanol–water partition coefficient (Wildman–Crippen LogP) is 1.86. The van der Waals surface area contributed by atoms with Crippen LogP contribution in [0, 0.1) is 0 Å². The van der Waals surface area contributed by atoms with Gasteiger partial charge in [-0.05, 0) is 18.2 Å². The van der Waals surface area contributed by atoms with E-state index >= 15 is 0 Å². The van der Waals surface area contributed by atoms with Crippen LogP contribution < -0.4 is 11.1 Å². The number of rotatable bonds is 1. The van der Waals surface area contributed by atoms with Crippen LogP contribution in [0.4, 0.5) is 13.2 Å². The number of nitrogens with zero attached hydrogens (tertiary/aromatic N) is 1. The second-order valence-corrected chi connectivity index (χ2v) is 4.05. The molecular formula is C12H11F3N4O. The Morgan fingerprint density at radius 2 is 2.05 bits per heavy atom. The fraction of sp³-hybridized carbons (Fsp3) is 0.167. The molecule has 8 heteroatoms. The van der Waals surface area contributed by atoms with Gasteiger partial charge in [0.15, 0.2) is 5.96 Å². The lowest BCUT2D eigenvalue weighted by molar-refractivity contribution is -0.137. The molecule has 0 saturated heterocycles. The van der Waals surface area contributed by atoms with Crippen LogP contribution in [0.25, 0.3) is 10.9 Å². The van der Waals surface area contributed by atoms with Gasteiger partial charge in [0.25, 0.3) is 5.91 Å². The van der Waals surface area contributed by atoms with E-state index in [0.29, 0.717) is 5.39 Å². The molecule has 1 heterocycles. The van der Waals surface area contributed by atoms with Crippen molar-refractivity contribution < 1.29 is 18.0 Å². The van der Waals surface area contributed by atoms with Gasteiger partial charge in [-0.15, -0.1) is 0 Å². The average Bonchev–Trinajstić information content (AvgIpc) is 2.80. The van der Waals surface area contributed by atoms with E-state index in [1.165, 1.54) is 19.2 Å². The van der Waals surface area contributed by atoms with Crippen molar-refractivity contribution in [3.63, 3.8) is 0 Å². The Hall–Kier alpha value is -2.51. The summed E-state index contributed by atoms with van der Waals surface area (Å²) in [7, 11) is 1.40. The molecule has 1 aromatic heterocycles. The van der Waals surface area contributed by atoms with Crippen LogP contribution in [-0.2, 0) is 6.18 Å². The summed E-state index contributed by atoms with van der Waals surface area (Å²) < 4.78 is 37.7. The average molecular weight is 284 g/mol. The molecule has 20 heavy (non-hydrogen) atoms. The first-order chi connectivity index (χ1) is 9.31. The molecule has 1 aromatic carbocycles. The van der Waals surface area contributed by atoms with Crippen LogP contribution in [0.15, 0.2) is 29.3 Å². The van der Waals surface area contributed by atoms with Gasteiger partial charge in [0, 0.05) is 18.0 Å². The van der Waals surface area contributed by atoms with Gasteiger partial charge in [0.1, 0.15) is 5.69 Å². The zero-order chi connectivity index (χ0) is 14.9. The second-order valence-electron chi connectivity index (χ2n) is 4.05. The van der Waals surface area contributed by atoms with E-state index in [-0.39, 0.29) is 17.2 Å². The molecule has 1 amide bonds. The van der Waals surface area contributed by atoms with E-state index < -0.39 is 17.6 Å². The Balaban J connectivity index is 2.37. The Bertz CT molecular complexity index is 688. The van der Waals surface area contributed by atoms with Crippen LogP contribution in [-0.4, -0.2) is 23.9 Å². The minimum absolute atomic E-state index is 0.0790. The van der Waals surface area contributed by atoms with E-state index in [9.17, 15) is 18.0 Å². The summed E-state index contributed by atoms with van der Waals surface area (Å²) in [5, 5.41) is 2.78. The van der Waals surface area contributed by atoms with Gasteiger partial charge >= 0.3 is 6.18 Å². The molecule has 0 unspecified atom stereocenters. The highest BCUT2D eigenvalue weighted by Gasteiger charge is 2.30. The predicted molar refractivity (Wildman–Crippen MR) is 68.3 cm³/mol. The van der Waals surface area contributed by atoms with Crippen LogP contribution in [0.3, 0.4) is 0 Å². The number of hydrogen-bond donors (Lipinski definition) is 3. The van der Waals surface area contributed by atoms with Crippen LogP contribution in [0.1, 0.15) is 16.1 Å². The highest BCUT2D eigenvalue weighted by atomic mass is 19.4. The maximum Gasteiger partial charge on any atom is 0.416 e. The second kappa shape index (κ2) is 4.87. The summed E-state index contributed by atoms with van der Waals surface area (Å²) in [6.07, 6.45) is -4.43. The third-order valence-corrected chi connectivity index (χ3v) is 2.68. The lowest BCUT2D eigenvalue weighted by Gasteiger charge is -2.05. The number of halogens is 3. The fourth-order valence-corrected chi connectivity index (χ4v) is 1.67. The molecule has 2 aromatic rings. The maximum atomic E-state index is 12.6. The van der Waals surface area contributed by atoms with Crippen molar-refractivity contribution in [3.8, 4) is 0 Å². The van der Waals surface area contributed by atoms with Crippen molar-refractivity contribution in [2.75, 3.05) is 7.05 Å². The number of nitrogens with two attached hydrogens (primary N) is 1. The topological polar surface area (TPSA) is 83.3 Å². The van der Waals surface area contributed by atoms with Gasteiger partial charge in [-0.1, -0.05) is 6.07 Å². The normalized spacial score (nSPS) is 12.7. The molecule has 0 atom stereocenters. The van der Waals surface area contributed by atoms with E-state index in [1.807, 2.05) is 0 Å². The number of amides is 1. The number of carbonyl (C=O) groups is 1. The smallest absolute Gasteiger partial charge is 0.370 e. The molecule has 0 spiro atoms. The zero-order valence-corrected chi connectivity index (χ0v) is 10.4. The monoisotopic (exact) mass is 284 g/mol. The number of guanidine groups is 1. The Kier molecular flexibility index (Phi) is 3.39. The molecule has 0 bridgehead atoms. The molecule has 4 N–H and O–H groups in total. The summed E-state index contributed by atoms with van der Waals surface area (Å²) in [4.78, 5) is 17.9. The van der Waals surface area contributed by atoms with E-state index in [4.69, 9.17) is 5.73 Å². The van der Waals surface area contributed by atoms with E-state index in [0.717, 1.165) is 12.1 Å². The number of aromatic nitrogens is 1. The molecule has 0 aliphatic rings. The lowest BCUT2D eigenvalue weighted by atomic mass is 10.1. The number of alkyl halides is 3. The van der Waals surface area contributed by atoms with Crippen LogP contribution in [0.2, 0.25) is 0 Å². The zero-order valence-electron chi connectivity index (χ0n) is 10.4. The molecular weight excluding hydrogens is 273 g/mol. The third-order valence-electron chi connectivity index (χ3n) is 2.68. The van der Waals surface area contributed by atoms with Gasteiger partial charge in [-0.2, -0.15) is 13.2 Å². The Morgan fingerprint density at radius 3 is 2.65 bits per heavy atom. The fourth-order valence-electron chi connectivity index (χ4n) is 1.67. The molecule has 0 aliphatic heterocycles. The highest BCUT2D eigenvalue weighted by molar-refractivity contribution is 6.06. The largest absolute Gasteiger partial charge is 0.416 e. The standard InChI is InChI=1S/C12H11F3N4O/c1-17-11(16)19-10(20)9-4-6-2-3-7(12(13,14)15)5-8(6)18-9/h2-5,18H,1H3,(H3,16,17,19,20). The molecule has 0 fully saturated rings. The van der Waals surface area contributed by atoms with Gasteiger partial charge < -0.3 is 10.7 Å². The van der Waals surface area contributed by atoms with Gasteiger partial charge in [-0.25, -0.2) is 0 Å². The molecule has 0 saturated carbocycles. The van der Waals surface area contributed by atoms with Gasteiger partial charge in [0.05, 0.1) is 5.56 Å². The summed E-state index contributed by atoms with van der Waals surface area (Å²) >= 11 is 0. The van der Waals surface area contributed by atoms with Crippen molar-refractivity contribution >= 4 is 22.8 Å². The number of H-pyrrole nitrogens is 1. The summed E-state index contributed by atoms with van der Waals surface area (Å²) in [6.45, 7) is 0. The first-order valence-electron chi connectivity index (χ1n) is 5.55. The summed E-state index contributed by atoms with van der Waals surface area (Å²) in [5.74, 6) is -0.650. The lowest BCUT2D eigenvalue weighted by Crippen LogP contribution is -2.36. The Labute approximate surface area is 111 Å². The van der Waals surface area contributed by atoms with Crippen molar-refractivity contribution in [3.05, 3.63) is 35.5 Å². The van der Waals surface area contributed by atoms with Crippen molar-refractivity contribution in [2.45, 2.75) is 6.18 Å². The quantitative estimate of drug-likeness (QED) is 0.551. The number of carbonyl (C=O) groups excluding carboxylic acids is 1. The Morgan fingerprint density at radius 1 is 1.35 bits per heavy atom. The first kappa shape index (κ1) is 13.9. The molecule has 0 radical (unpaired) electrons. The molecule has 0 aliphatic carbocycles. The first-order valence-corrected chi connectivity index (χ1v) is 5.55. The number of nitrogens with one attached hydrogen (secondary N) is 2. The number of aromatic amines is 1. The van der Waals surface area contributed by atoms with Crippen LogP contribution >= 0.6 is 0 Å². The third kappa shape index (κ3) is 2.73. The minimum atomic E-state index is -4.43. The number of aliphatic imine (C=N–C) groups is 1. The van der Waals surface area contributed by atoms with Gasteiger partial charge in [-0.3, -0.25) is 15.1 Å². The molecule has 5 nitrogen and oxygen atoms in total. The molecule has 106 valence electrons. The maximum absolute atomic E-state index is 12.6. The summed E-state index contributed by atoms with van der Waals surface area (Å²) in [5.41, 5.74) is 4.88. The van der Waals surface area contributed by atoms with E-state index in [1.54, 1.807) is 0 Å². The van der Waals surface area contributed by atoms with E-state index in [2.05, 4.69) is 15.3 Å². The highest BCUT2D eigenvalue weighted by Crippen LogP contribution is 2.31. The van der Waals surface area contributed by atoms with Crippen molar-refractivity contribution in [1.82, 2.24) is 10.3 Å². The minimum Gasteiger partial charge on any atom is -0.370 e. The number of benzene rings is 1. The molecule has 2 rings (SSSR count). The van der Waals surface area contributed by atoms with Crippen molar-refractivity contribution in [1.29, 1.82) is 0 Å². The number of hydrogen-bond acceptors (Lipinski definition) is 2. The SMILES string of the molecule is CN=C(N)NC(=O)c1cc2ccc(C(F)(F)F)cc2[nH]1. The van der Waals surface area contributed by atoms with Crippen molar-refractivity contribution in [2.24, 2.45) is 10.7 Å².